The van der Waals surface area contributed by atoms with E-state index in [0.29, 0.717) is 30.5 Å². The topological polar surface area (TPSA) is 58.6 Å². The van der Waals surface area contributed by atoms with Gasteiger partial charge in [0.05, 0.1) is 6.61 Å². The van der Waals surface area contributed by atoms with Crippen molar-refractivity contribution in [3.05, 3.63) is 17.0 Å². The molecule has 0 bridgehead atoms. The molecule has 0 aromatic carbocycles. The fraction of sp³-hybridized carbons (Fsp3) is 0.692. The lowest BCUT2D eigenvalue weighted by Gasteiger charge is -2.19. The van der Waals surface area contributed by atoms with E-state index in [-0.39, 0.29) is 0 Å². The van der Waals surface area contributed by atoms with Crippen LogP contribution in [0.5, 0.6) is 0 Å². The van der Waals surface area contributed by atoms with Gasteiger partial charge in [-0.15, -0.1) is 11.3 Å². The van der Waals surface area contributed by atoms with Gasteiger partial charge in [-0.25, -0.2) is 8.42 Å². The largest absolute Gasteiger partial charge is 0.380 e. The van der Waals surface area contributed by atoms with Crippen molar-refractivity contribution in [1.29, 1.82) is 0 Å². The van der Waals surface area contributed by atoms with Crippen LogP contribution in [0.4, 0.5) is 0 Å². The van der Waals surface area contributed by atoms with Crippen molar-refractivity contribution in [1.82, 2.24) is 9.62 Å². The molecule has 0 spiro atoms. The average molecular weight is 320 g/mol. The van der Waals surface area contributed by atoms with Crippen molar-refractivity contribution in [3.63, 3.8) is 0 Å². The van der Waals surface area contributed by atoms with Gasteiger partial charge in [-0.2, -0.15) is 4.31 Å². The predicted octanol–water partition coefficient (Wildman–Crippen LogP) is 1.56. The van der Waals surface area contributed by atoms with Gasteiger partial charge in [-0.3, -0.25) is 0 Å². The summed E-state index contributed by atoms with van der Waals surface area (Å²) in [6, 6.07) is 3.60. The summed E-state index contributed by atoms with van der Waals surface area (Å²) < 4.78 is 32.2. The summed E-state index contributed by atoms with van der Waals surface area (Å²) in [6.07, 6.45) is 0.849. The first-order valence-corrected chi connectivity index (χ1v) is 9.13. The molecule has 0 fully saturated rings. The fourth-order valence-electron chi connectivity index (χ4n) is 1.77. The van der Waals surface area contributed by atoms with Crippen molar-refractivity contribution in [2.24, 2.45) is 0 Å². The van der Waals surface area contributed by atoms with Gasteiger partial charge in [0.25, 0.3) is 10.0 Å². The molecule has 0 radical (unpaired) electrons. The second-order valence-corrected chi connectivity index (χ2v) is 7.60. The predicted molar refractivity (Wildman–Crippen MR) is 82.9 cm³/mol. The number of sulfonamides is 1. The lowest BCUT2D eigenvalue weighted by Crippen LogP contribution is -2.33. The molecule has 116 valence electrons. The molecule has 1 N–H and O–H groups in total. The zero-order chi connectivity index (χ0) is 15.0. The van der Waals surface area contributed by atoms with E-state index in [0.717, 1.165) is 17.8 Å². The van der Waals surface area contributed by atoms with Crippen LogP contribution in [0.2, 0.25) is 0 Å². The normalized spacial score (nSPS) is 12.2. The van der Waals surface area contributed by atoms with Crippen LogP contribution >= 0.6 is 11.3 Å². The molecule has 0 atom stereocenters. The van der Waals surface area contributed by atoms with E-state index in [1.54, 1.807) is 6.07 Å². The maximum atomic E-state index is 12.5. The van der Waals surface area contributed by atoms with Crippen molar-refractivity contribution in [2.45, 2.75) is 24.5 Å². The molecule has 7 heteroatoms. The number of ether oxygens (including phenoxy) is 1. The lowest BCUT2D eigenvalue weighted by molar-refractivity contribution is 0.135. The van der Waals surface area contributed by atoms with Gasteiger partial charge in [0.2, 0.25) is 0 Å². The molecule has 0 aliphatic rings. The lowest BCUT2D eigenvalue weighted by atomic mass is 10.3. The van der Waals surface area contributed by atoms with E-state index in [1.165, 1.54) is 15.6 Å². The first-order valence-electron chi connectivity index (χ1n) is 6.87. The monoisotopic (exact) mass is 320 g/mol. The highest BCUT2D eigenvalue weighted by atomic mass is 32.2. The molecule has 1 aromatic rings. The summed E-state index contributed by atoms with van der Waals surface area (Å²) >= 11 is 1.35. The van der Waals surface area contributed by atoms with Crippen LogP contribution < -0.4 is 5.32 Å². The molecule has 0 aliphatic carbocycles. The molecule has 5 nitrogen and oxygen atoms in total. The fourth-order valence-corrected chi connectivity index (χ4v) is 4.71. The molecule has 20 heavy (non-hydrogen) atoms. The van der Waals surface area contributed by atoms with E-state index in [4.69, 9.17) is 4.74 Å². The second-order valence-electron chi connectivity index (χ2n) is 4.27. The standard InChI is InChI=1S/C13H24N2O3S2/c1-4-15(10-11-18-5-2)20(16,17)13-7-6-12(19-13)8-9-14-3/h6-7,14H,4-5,8-11H2,1-3H3. The SMILES string of the molecule is CCOCCN(CC)S(=O)(=O)c1ccc(CCNC)s1. The minimum Gasteiger partial charge on any atom is -0.380 e. The third-order valence-corrected chi connectivity index (χ3v) is 6.48. The van der Waals surface area contributed by atoms with Crippen LogP contribution in [0.25, 0.3) is 0 Å². The second kappa shape index (κ2) is 8.74. The van der Waals surface area contributed by atoms with Gasteiger partial charge in [0.15, 0.2) is 0 Å². The van der Waals surface area contributed by atoms with Crippen LogP contribution in [0.3, 0.4) is 0 Å². The maximum absolute atomic E-state index is 12.5. The number of rotatable bonds is 10. The molecule has 1 heterocycles. The number of thiophene rings is 1. The number of nitrogens with zero attached hydrogens (tertiary/aromatic N) is 1. The van der Waals surface area contributed by atoms with E-state index in [1.807, 2.05) is 27.0 Å². The Morgan fingerprint density at radius 2 is 2.10 bits per heavy atom. The number of likely N-dealkylation sites (N-methyl/N-ethyl adjacent to an activating group) is 2. The van der Waals surface area contributed by atoms with Crippen molar-refractivity contribution >= 4 is 21.4 Å². The van der Waals surface area contributed by atoms with Crippen LogP contribution in [-0.4, -0.2) is 52.6 Å². The van der Waals surface area contributed by atoms with Crippen LogP contribution in [-0.2, 0) is 21.2 Å². The van der Waals surface area contributed by atoms with Crippen LogP contribution in [0.1, 0.15) is 18.7 Å². The zero-order valence-electron chi connectivity index (χ0n) is 12.4. The first kappa shape index (κ1) is 17.6. The van der Waals surface area contributed by atoms with E-state index in [2.05, 4.69) is 5.32 Å². The third-order valence-electron chi connectivity index (χ3n) is 2.89. The highest BCUT2D eigenvalue weighted by molar-refractivity contribution is 7.91. The number of nitrogens with one attached hydrogen (secondary N) is 1. The summed E-state index contributed by atoms with van der Waals surface area (Å²) in [6.45, 7) is 6.49. The highest BCUT2D eigenvalue weighted by Gasteiger charge is 2.24. The Hall–Kier alpha value is -0.470. The Morgan fingerprint density at radius 1 is 1.35 bits per heavy atom. The Kier molecular flexibility index (Phi) is 7.68. The smallest absolute Gasteiger partial charge is 0.252 e. The van der Waals surface area contributed by atoms with Crippen molar-refractivity contribution in [2.75, 3.05) is 39.9 Å². The molecule has 1 aromatic heterocycles. The molecule has 0 aliphatic heterocycles. The molecule has 0 saturated carbocycles. The van der Waals surface area contributed by atoms with Gasteiger partial charge < -0.3 is 10.1 Å². The molecular formula is C13H24N2O3S2. The Balaban J connectivity index is 2.76. The summed E-state index contributed by atoms with van der Waals surface area (Å²) in [5.41, 5.74) is 0. The Bertz CT molecular complexity index is 486. The molecule has 0 saturated heterocycles. The molecular weight excluding hydrogens is 296 g/mol. The summed E-state index contributed by atoms with van der Waals surface area (Å²) in [5.74, 6) is 0. The summed E-state index contributed by atoms with van der Waals surface area (Å²) in [4.78, 5) is 1.08. The number of hydrogen-bond acceptors (Lipinski definition) is 5. The van der Waals surface area contributed by atoms with Gasteiger partial charge in [-0.05, 0) is 39.1 Å². The summed E-state index contributed by atoms with van der Waals surface area (Å²) in [5, 5.41) is 3.06. The van der Waals surface area contributed by atoms with Crippen molar-refractivity contribution in [3.8, 4) is 0 Å². The first-order chi connectivity index (χ1) is 9.56. The van der Waals surface area contributed by atoms with Gasteiger partial charge in [-0.1, -0.05) is 6.92 Å². The molecule has 0 unspecified atom stereocenters. The third kappa shape index (κ3) is 4.82. The minimum atomic E-state index is -3.38. The van der Waals surface area contributed by atoms with Gasteiger partial charge in [0.1, 0.15) is 4.21 Å². The van der Waals surface area contributed by atoms with Gasteiger partial charge >= 0.3 is 0 Å². The Morgan fingerprint density at radius 3 is 2.70 bits per heavy atom. The molecule has 0 amide bonds. The summed E-state index contributed by atoms with van der Waals surface area (Å²) in [7, 11) is -1.50. The minimum absolute atomic E-state index is 0.399. The number of hydrogen-bond donors (Lipinski definition) is 1. The van der Waals surface area contributed by atoms with Crippen LogP contribution in [0.15, 0.2) is 16.3 Å². The molecule has 1 rings (SSSR count). The van der Waals surface area contributed by atoms with Crippen molar-refractivity contribution < 1.29 is 13.2 Å². The Labute approximate surface area is 126 Å². The van der Waals surface area contributed by atoms with Crippen LogP contribution in [0, 0.1) is 0 Å². The van der Waals surface area contributed by atoms with E-state index < -0.39 is 10.0 Å². The van der Waals surface area contributed by atoms with E-state index >= 15 is 0 Å². The quantitative estimate of drug-likeness (QED) is 0.665. The van der Waals surface area contributed by atoms with Gasteiger partial charge in [0, 0.05) is 24.6 Å². The maximum Gasteiger partial charge on any atom is 0.252 e. The zero-order valence-corrected chi connectivity index (χ0v) is 14.0. The average Bonchev–Trinajstić information content (AvgIpc) is 2.90. The highest BCUT2D eigenvalue weighted by Crippen LogP contribution is 2.25. The van der Waals surface area contributed by atoms with E-state index in [9.17, 15) is 8.42 Å².